The van der Waals surface area contributed by atoms with E-state index in [2.05, 4.69) is 15.9 Å². The number of rotatable bonds is 3. The first-order chi connectivity index (χ1) is 7.43. The van der Waals surface area contributed by atoms with Gasteiger partial charge in [-0.25, -0.2) is 9.18 Å². The van der Waals surface area contributed by atoms with Crippen molar-refractivity contribution < 1.29 is 19.0 Å². The number of allylic oxidation sites excluding steroid dienone is 1. The summed E-state index contributed by atoms with van der Waals surface area (Å²) in [6, 6.07) is 4.68. The van der Waals surface area contributed by atoms with E-state index in [0.29, 0.717) is 5.56 Å². The normalized spacial score (nSPS) is 12.0. The first kappa shape index (κ1) is 12.7. The Kier molecular flexibility index (Phi) is 4.06. The van der Waals surface area contributed by atoms with Crippen molar-refractivity contribution in [2.24, 2.45) is 0 Å². The van der Waals surface area contributed by atoms with Crippen molar-refractivity contribution in [3.8, 4) is 5.75 Å². The van der Waals surface area contributed by atoms with Crippen LogP contribution in [0.2, 0.25) is 0 Å². The van der Waals surface area contributed by atoms with Gasteiger partial charge < -0.3 is 9.84 Å². The summed E-state index contributed by atoms with van der Waals surface area (Å²) in [7, 11) is 0. The topological polar surface area (TPSA) is 46.5 Å². The molecule has 5 heteroatoms. The Morgan fingerprint density at radius 2 is 2.12 bits per heavy atom. The van der Waals surface area contributed by atoms with Crippen LogP contribution < -0.4 is 4.74 Å². The van der Waals surface area contributed by atoms with Crippen molar-refractivity contribution in [2.45, 2.75) is 13.8 Å². The molecule has 1 aromatic carbocycles. The van der Waals surface area contributed by atoms with E-state index >= 15 is 0 Å². The molecule has 86 valence electrons. The molecule has 0 aliphatic rings. The van der Waals surface area contributed by atoms with Gasteiger partial charge in [0.2, 0.25) is 0 Å². The monoisotopic (exact) mass is 288 g/mol. The maximum Gasteiger partial charge on any atom is 0.346 e. The third-order valence-electron chi connectivity index (χ3n) is 1.92. The Balaban J connectivity index is 3.02. The highest BCUT2D eigenvalue weighted by Gasteiger charge is 2.12. The summed E-state index contributed by atoms with van der Waals surface area (Å²) in [5.74, 6) is -1.55. The molecular weight excluding hydrogens is 279 g/mol. The van der Waals surface area contributed by atoms with E-state index < -0.39 is 11.8 Å². The Labute approximate surface area is 101 Å². The number of ether oxygens (including phenoxy) is 1. The molecule has 0 spiro atoms. The van der Waals surface area contributed by atoms with Gasteiger partial charge in [0.05, 0.1) is 0 Å². The number of carboxylic acids is 1. The third-order valence-corrected chi connectivity index (χ3v) is 2.81. The van der Waals surface area contributed by atoms with Gasteiger partial charge in [-0.1, -0.05) is 12.1 Å². The quantitative estimate of drug-likeness (QED) is 0.686. The van der Waals surface area contributed by atoms with Gasteiger partial charge >= 0.3 is 5.97 Å². The van der Waals surface area contributed by atoms with Crippen LogP contribution in [0.3, 0.4) is 0 Å². The van der Waals surface area contributed by atoms with Gasteiger partial charge in [-0.15, -0.1) is 0 Å². The van der Waals surface area contributed by atoms with Crippen molar-refractivity contribution in [2.75, 3.05) is 0 Å². The number of hydrogen-bond donors (Lipinski definition) is 1. The number of aryl methyl sites for hydroxylation is 1. The zero-order chi connectivity index (χ0) is 12.3. The molecule has 0 saturated heterocycles. The van der Waals surface area contributed by atoms with Crippen LogP contribution in [0.15, 0.2) is 28.4 Å². The minimum Gasteiger partial charge on any atom is -0.477 e. The molecule has 0 heterocycles. The summed E-state index contributed by atoms with van der Waals surface area (Å²) < 4.78 is 18.5. The predicted molar refractivity (Wildman–Crippen MR) is 61.0 cm³/mol. The van der Waals surface area contributed by atoms with E-state index in [-0.39, 0.29) is 16.0 Å². The molecule has 1 rings (SSSR count). The summed E-state index contributed by atoms with van der Waals surface area (Å²) in [5, 5.41) is 8.68. The molecule has 3 nitrogen and oxygen atoms in total. The minimum absolute atomic E-state index is 0.00991. The van der Waals surface area contributed by atoms with E-state index in [9.17, 15) is 9.18 Å². The lowest BCUT2D eigenvalue weighted by molar-refractivity contribution is -0.131. The van der Waals surface area contributed by atoms with E-state index in [4.69, 9.17) is 9.84 Å². The molecule has 0 atom stereocenters. The second kappa shape index (κ2) is 5.12. The molecule has 0 aliphatic carbocycles. The van der Waals surface area contributed by atoms with Crippen molar-refractivity contribution in [1.29, 1.82) is 0 Å². The van der Waals surface area contributed by atoms with E-state index in [0.717, 1.165) is 0 Å². The maximum absolute atomic E-state index is 13.5. The van der Waals surface area contributed by atoms with Gasteiger partial charge in [0.25, 0.3) is 0 Å². The molecule has 0 bridgehead atoms. The standard InChI is InChI=1S/C11H10BrFO3/c1-6-4-3-5-8(10(6)13)16-7(2)9(12)11(14)15/h3-5H,1-2H3,(H,14,15)/b9-7+. The molecule has 0 fully saturated rings. The highest BCUT2D eigenvalue weighted by Crippen LogP contribution is 2.23. The molecular formula is C11H10BrFO3. The average Bonchev–Trinajstić information content (AvgIpc) is 2.23. The van der Waals surface area contributed by atoms with Gasteiger partial charge in [0.15, 0.2) is 11.6 Å². The van der Waals surface area contributed by atoms with E-state index in [1.165, 1.54) is 13.0 Å². The predicted octanol–water partition coefficient (Wildman–Crippen LogP) is 3.22. The highest BCUT2D eigenvalue weighted by molar-refractivity contribution is 9.12. The molecule has 0 aromatic heterocycles. The van der Waals surface area contributed by atoms with Gasteiger partial charge in [0, 0.05) is 0 Å². The van der Waals surface area contributed by atoms with Gasteiger partial charge in [0.1, 0.15) is 10.2 Å². The van der Waals surface area contributed by atoms with Crippen molar-refractivity contribution >= 4 is 21.9 Å². The summed E-state index contributed by atoms with van der Waals surface area (Å²) in [4.78, 5) is 10.6. The summed E-state index contributed by atoms with van der Waals surface area (Å²) in [5.41, 5.74) is 0.441. The second-order valence-electron chi connectivity index (χ2n) is 3.16. The smallest absolute Gasteiger partial charge is 0.346 e. The van der Waals surface area contributed by atoms with Crippen LogP contribution in [0.5, 0.6) is 5.75 Å². The van der Waals surface area contributed by atoms with Crippen LogP contribution in [0.25, 0.3) is 0 Å². The zero-order valence-electron chi connectivity index (χ0n) is 8.75. The molecule has 0 saturated carbocycles. The van der Waals surface area contributed by atoms with E-state index in [1.807, 2.05) is 0 Å². The van der Waals surface area contributed by atoms with Gasteiger partial charge in [-0.05, 0) is 41.4 Å². The Morgan fingerprint density at radius 3 is 2.69 bits per heavy atom. The van der Waals surface area contributed by atoms with Crippen molar-refractivity contribution in [1.82, 2.24) is 0 Å². The van der Waals surface area contributed by atoms with Crippen LogP contribution in [0.1, 0.15) is 12.5 Å². The second-order valence-corrected chi connectivity index (χ2v) is 3.96. The summed E-state index contributed by atoms with van der Waals surface area (Å²) >= 11 is 2.84. The van der Waals surface area contributed by atoms with Crippen LogP contribution in [0.4, 0.5) is 4.39 Å². The highest BCUT2D eigenvalue weighted by atomic mass is 79.9. The first-order valence-corrected chi connectivity index (χ1v) is 5.25. The third kappa shape index (κ3) is 2.82. The van der Waals surface area contributed by atoms with Crippen molar-refractivity contribution in [3.63, 3.8) is 0 Å². The Hall–Kier alpha value is -1.36. The van der Waals surface area contributed by atoms with Crippen LogP contribution in [-0.2, 0) is 4.79 Å². The Morgan fingerprint density at radius 1 is 1.50 bits per heavy atom. The molecule has 1 aromatic rings. The number of hydrogen-bond acceptors (Lipinski definition) is 2. The molecule has 16 heavy (non-hydrogen) atoms. The lowest BCUT2D eigenvalue weighted by atomic mass is 10.2. The van der Waals surface area contributed by atoms with Crippen LogP contribution in [-0.4, -0.2) is 11.1 Å². The molecule has 0 aliphatic heterocycles. The van der Waals surface area contributed by atoms with Crippen LogP contribution >= 0.6 is 15.9 Å². The maximum atomic E-state index is 13.5. The molecule has 0 radical (unpaired) electrons. The van der Waals surface area contributed by atoms with Crippen molar-refractivity contribution in [3.05, 3.63) is 39.8 Å². The molecule has 0 amide bonds. The fraction of sp³-hybridized carbons (Fsp3) is 0.182. The number of carboxylic acid groups (broad SMARTS) is 1. The molecule has 0 unspecified atom stereocenters. The van der Waals surface area contributed by atoms with Crippen LogP contribution in [0, 0.1) is 12.7 Å². The minimum atomic E-state index is -1.16. The fourth-order valence-corrected chi connectivity index (χ4v) is 1.14. The fourth-order valence-electron chi connectivity index (χ4n) is 1.06. The number of carbonyl (C=O) groups is 1. The van der Waals surface area contributed by atoms with E-state index in [1.54, 1.807) is 19.1 Å². The van der Waals surface area contributed by atoms with Gasteiger partial charge in [-0.3, -0.25) is 0 Å². The average molecular weight is 289 g/mol. The number of halogens is 2. The number of benzene rings is 1. The summed E-state index contributed by atoms with van der Waals surface area (Å²) in [6.45, 7) is 3.05. The number of aliphatic carboxylic acids is 1. The first-order valence-electron chi connectivity index (χ1n) is 4.46. The van der Waals surface area contributed by atoms with Gasteiger partial charge in [-0.2, -0.15) is 0 Å². The Bertz CT molecular complexity index is 455. The SMILES string of the molecule is C/C(Oc1cccc(C)c1F)=C(\Br)C(=O)O. The zero-order valence-corrected chi connectivity index (χ0v) is 10.3. The largest absolute Gasteiger partial charge is 0.477 e. The molecule has 1 N–H and O–H groups in total. The lowest BCUT2D eigenvalue weighted by Gasteiger charge is -2.08. The lowest BCUT2D eigenvalue weighted by Crippen LogP contribution is -2.03. The summed E-state index contributed by atoms with van der Waals surface area (Å²) in [6.07, 6.45) is 0.